The first-order chi connectivity index (χ1) is 9.61. The van der Waals surface area contributed by atoms with Crippen molar-refractivity contribution in [1.82, 2.24) is 0 Å². The zero-order valence-corrected chi connectivity index (χ0v) is 11.0. The van der Waals surface area contributed by atoms with Crippen molar-refractivity contribution in [1.29, 1.82) is 0 Å². The van der Waals surface area contributed by atoms with Crippen molar-refractivity contribution in [2.45, 2.75) is 20.0 Å². The number of hydrogen-bond acceptors (Lipinski definition) is 2. The van der Waals surface area contributed by atoms with Crippen LogP contribution in [0.25, 0.3) is 0 Å². The monoisotopic (exact) mass is 276 g/mol. The Morgan fingerprint density at radius 1 is 1.15 bits per heavy atom. The number of hydrogen-bond donors (Lipinski definition) is 0. The Bertz CT molecular complexity index is 624. The minimum Gasteiger partial charge on any atom is -0.488 e. The average Bonchev–Trinajstić information content (AvgIpc) is 2.46. The van der Waals surface area contributed by atoms with Crippen LogP contribution in [0.2, 0.25) is 0 Å². The maximum atomic E-state index is 13.5. The Balaban J connectivity index is 2.17. The van der Waals surface area contributed by atoms with Gasteiger partial charge in [-0.3, -0.25) is 4.79 Å². The van der Waals surface area contributed by atoms with Crippen LogP contribution in [0.5, 0.6) is 5.75 Å². The Labute approximate surface area is 116 Å². The second-order valence-corrected chi connectivity index (χ2v) is 4.30. The van der Waals surface area contributed by atoms with E-state index in [4.69, 9.17) is 4.74 Å². The number of carbonyl (C=O) groups excluding carboxylic acids is 1. The molecular formula is C16H14F2O2. The predicted octanol–water partition coefficient (Wildman–Crippen LogP) is 4.14. The Morgan fingerprint density at radius 2 is 1.90 bits per heavy atom. The third-order valence-corrected chi connectivity index (χ3v) is 2.91. The molecule has 0 heterocycles. The molecule has 0 bridgehead atoms. The van der Waals surface area contributed by atoms with Crippen LogP contribution in [0.1, 0.15) is 29.3 Å². The van der Waals surface area contributed by atoms with Gasteiger partial charge in [-0.1, -0.05) is 19.1 Å². The summed E-state index contributed by atoms with van der Waals surface area (Å²) in [7, 11) is 0. The lowest BCUT2D eigenvalue weighted by Crippen LogP contribution is -2.04. The Kier molecular flexibility index (Phi) is 4.45. The maximum absolute atomic E-state index is 13.5. The van der Waals surface area contributed by atoms with Crippen LogP contribution in [-0.4, -0.2) is 5.78 Å². The average molecular weight is 276 g/mol. The van der Waals surface area contributed by atoms with Crippen LogP contribution in [0, 0.1) is 11.6 Å². The van der Waals surface area contributed by atoms with E-state index in [1.165, 1.54) is 12.1 Å². The smallest absolute Gasteiger partial charge is 0.166 e. The molecule has 0 saturated carbocycles. The molecule has 2 rings (SSSR count). The van der Waals surface area contributed by atoms with Crippen molar-refractivity contribution < 1.29 is 18.3 Å². The van der Waals surface area contributed by atoms with Crippen LogP contribution >= 0.6 is 0 Å². The zero-order chi connectivity index (χ0) is 14.5. The molecule has 0 amide bonds. The van der Waals surface area contributed by atoms with E-state index in [0.29, 0.717) is 17.7 Å². The Morgan fingerprint density at radius 3 is 2.60 bits per heavy atom. The fourth-order valence-electron chi connectivity index (χ4n) is 1.81. The van der Waals surface area contributed by atoms with Gasteiger partial charge < -0.3 is 4.74 Å². The van der Waals surface area contributed by atoms with Crippen molar-refractivity contribution in [3.8, 4) is 5.75 Å². The number of carbonyl (C=O) groups is 1. The van der Waals surface area contributed by atoms with Gasteiger partial charge in [0.2, 0.25) is 0 Å². The molecule has 4 heteroatoms. The fraction of sp³-hybridized carbons (Fsp3) is 0.188. The largest absolute Gasteiger partial charge is 0.488 e. The first kappa shape index (κ1) is 14.2. The van der Waals surface area contributed by atoms with Gasteiger partial charge in [0, 0.05) is 18.1 Å². The number of halogens is 2. The maximum Gasteiger partial charge on any atom is 0.166 e. The van der Waals surface area contributed by atoms with E-state index in [2.05, 4.69) is 0 Å². The van der Waals surface area contributed by atoms with Gasteiger partial charge in [0.15, 0.2) is 5.78 Å². The topological polar surface area (TPSA) is 26.3 Å². The third kappa shape index (κ3) is 3.20. The fourth-order valence-corrected chi connectivity index (χ4v) is 1.81. The molecule has 2 aromatic rings. The van der Waals surface area contributed by atoms with Crippen LogP contribution in [-0.2, 0) is 6.61 Å². The number of ketones is 1. The normalized spacial score (nSPS) is 10.3. The van der Waals surface area contributed by atoms with Gasteiger partial charge in [-0.25, -0.2) is 8.78 Å². The quantitative estimate of drug-likeness (QED) is 0.767. The SMILES string of the molecule is CCC(=O)c1ccccc1OCc1ccc(F)cc1F. The molecule has 0 spiro atoms. The molecule has 0 radical (unpaired) electrons. The summed E-state index contributed by atoms with van der Waals surface area (Å²) in [4.78, 5) is 11.8. The summed E-state index contributed by atoms with van der Waals surface area (Å²) >= 11 is 0. The highest BCUT2D eigenvalue weighted by molar-refractivity contribution is 5.98. The lowest BCUT2D eigenvalue weighted by Gasteiger charge is -2.10. The lowest BCUT2D eigenvalue weighted by molar-refractivity contribution is 0.0983. The summed E-state index contributed by atoms with van der Waals surface area (Å²) in [6.07, 6.45) is 0.366. The second kappa shape index (κ2) is 6.28. The molecule has 0 atom stereocenters. The van der Waals surface area contributed by atoms with E-state index in [1.54, 1.807) is 31.2 Å². The first-order valence-corrected chi connectivity index (χ1v) is 6.30. The van der Waals surface area contributed by atoms with E-state index in [0.717, 1.165) is 6.07 Å². The van der Waals surface area contributed by atoms with Gasteiger partial charge in [0.1, 0.15) is 24.0 Å². The van der Waals surface area contributed by atoms with Gasteiger partial charge in [0.05, 0.1) is 5.56 Å². The molecule has 0 unspecified atom stereocenters. The number of rotatable bonds is 5. The van der Waals surface area contributed by atoms with Crippen molar-refractivity contribution >= 4 is 5.78 Å². The van der Waals surface area contributed by atoms with Gasteiger partial charge in [-0.2, -0.15) is 0 Å². The summed E-state index contributed by atoms with van der Waals surface area (Å²) in [6.45, 7) is 1.71. The first-order valence-electron chi connectivity index (χ1n) is 6.30. The molecule has 0 saturated heterocycles. The molecule has 0 N–H and O–H groups in total. The number of benzene rings is 2. The molecule has 0 aromatic heterocycles. The number of Topliss-reactive ketones (excluding diaryl/α,β-unsaturated/α-hetero) is 1. The van der Waals surface area contributed by atoms with Gasteiger partial charge in [0.25, 0.3) is 0 Å². The van der Waals surface area contributed by atoms with Crippen LogP contribution in [0.15, 0.2) is 42.5 Å². The van der Waals surface area contributed by atoms with E-state index in [1.807, 2.05) is 0 Å². The highest BCUT2D eigenvalue weighted by atomic mass is 19.1. The molecular weight excluding hydrogens is 262 g/mol. The number of ether oxygens (including phenoxy) is 1. The van der Waals surface area contributed by atoms with E-state index < -0.39 is 11.6 Å². The van der Waals surface area contributed by atoms with Crippen molar-refractivity contribution in [2.24, 2.45) is 0 Å². The van der Waals surface area contributed by atoms with Gasteiger partial charge >= 0.3 is 0 Å². The molecule has 0 aliphatic carbocycles. The standard InChI is InChI=1S/C16H14F2O2/c1-2-15(19)13-5-3-4-6-16(13)20-10-11-7-8-12(17)9-14(11)18/h3-9H,2,10H2,1H3. The van der Waals surface area contributed by atoms with Crippen molar-refractivity contribution in [3.05, 3.63) is 65.2 Å². The highest BCUT2D eigenvalue weighted by Crippen LogP contribution is 2.21. The summed E-state index contributed by atoms with van der Waals surface area (Å²) < 4.78 is 31.8. The predicted molar refractivity (Wildman–Crippen MR) is 71.8 cm³/mol. The molecule has 0 aliphatic heterocycles. The minimum atomic E-state index is -0.663. The van der Waals surface area contributed by atoms with Crippen LogP contribution in [0.4, 0.5) is 8.78 Å². The van der Waals surface area contributed by atoms with E-state index in [9.17, 15) is 13.6 Å². The van der Waals surface area contributed by atoms with Crippen LogP contribution in [0.3, 0.4) is 0 Å². The van der Waals surface area contributed by atoms with E-state index >= 15 is 0 Å². The molecule has 2 nitrogen and oxygen atoms in total. The minimum absolute atomic E-state index is 0.0415. The molecule has 20 heavy (non-hydrogen) atoms. The summed E-state index contributed by atoms with van der Waals surface area (Å²) in [5.41, 5.74) is 0.711. The van der Waals surface area contributed by atoms with Crippen LogP contribution < -0.4 is 4.74 Å². The molecule has 2 aromatic carbocycles. The Hall–Kier alpha value is -2.23. The summed E-state index contributed by atoms with van der Waals surface area (Å²) in [6, 6.07) is 10.1. The highest BCUT2D eigenvalue weighted by Gasteiger charge is 2.11. The second-order valence-electron chi connectivity index (χ2n) is 4.30. The molecule has 104 valence electrons. The number of para-hydroxylation sites is 1. The summed E-state index contributed by atoms with van der Waals surface area (Å²) in [5.74, 6) is -0.930. The lowest BCUT2D eigenvalue weighted by atomic mass is 10.1. The van der Waals surface area contributed by atoms with Gasteiger partial charge in [-0.15, -0.1) is 0 Å². The molecule has 0 aliphatic rings. The third-order valence-electron chi connectivity index (χ3n) is 2.91. The van der Waals surface area contributed by atoms with E-state index in [-0.39, 0.29) is 18.0 Å². The van der Waals surface area contributed by atoms with Crippen molar-refractivity contribution in [3.63, 3.8) is 0 Å². The van der Waals surface area contributed by atoms with Crippen molar-refractivity contribution in [2.75, 3.05) is 0 Å². The summed E-state index contributed by atoms with van der Waals surface area (Å²) in [5, 5.41) is 0. The van der Waals surface area contributed by atoms with Gasteiger partial charge in [-0.05, 0) is 24.3 Å². The molecule has 0 fully saturated rings. The zero-order valence-electron chi connectivity index (χ0n) is 11.0.